The number of Topliss-reactive ketones (excluding diaryl/α,β-unsaturated/α-hetero) is 1. The van der Waals surface area contributed by atoms with Crippen LogP contribution in [0.25, 0.3) is 0 Å². The smallest absolute Gasteiger partial charge is 0.315 e. The number of carbonyl (C=O) groups excluding carboxylic acids is 2. The number of ether oxygens (including phenoxy) is 2. The van der Waals surface area contributed by atoms with Crippen molar-refractivity contribution in [1.82, 2.24) is 0 Å². The van der Waals surface area contributed by atoms with E-state index in [0.29, 0.717) is 29.9 Å². The molecule has 3 rings (SSSR count). The maximum absolute atomic E-state index is 13.2. The van der Waals surface area contributed by atoms with Crippen LogP contribution >= 0.6 is 0 Å². The van der Waals surface area contributed by atoms with E-state index < -0.39 is 11.8 Å². The fraction of sp³-hybridized carbons (Fsp3) is 0.522. The largest absolute Gasteiger partial charge is 0.496 e. The highest BCUT2D eigenvalue weighted by atomic mass is 16.5. The molecule has 0 aromatic heterocycles. The zero-order valence-corrected chi connectivity index (χ0v) is 17.5. The van der Waals surface area contributed by atoms with Gasteiger partial charge in [0.15, 0.2) is 5.78 Å². The summed E-state index contributed by atoms with van der Waals surface area (Å²) in [6.07, 6.45) is 0.913. The molecule has 2 aliphatic rings. The first kappa shape index (κ1) is 20.3. The Morgan fingerprint density at radius 1 is 1.21 bits per heavy atom. The molecule has 1 heterocycles. The fourth-order valence-electron chi connectivity index (χ4n) is 4.32. The first-order valence-corrected chi connectivity index (χ1v) is 9.79. The molecule has 0 fully saturated rings. The van der Waals surface area contributed by atoms with Crippen molar-refractivity contribution in [2.24, 2.45) is 16.3 Å². The van der Waals surface area contributed by atoms with Gasteiger partial charge in [-0.1, -0.05) is 32.0 Å². The number of allylic oxidation sites excluding steroid dienone is 2. The Morgan fingerprint density at radius 3 is 2.54 bits per heavy atom. The minimum Gasteiger partial charge on any atom is -0.496 e. The van der Waals surface area contributed by atoms with Crippen LogP contribution in [0.5, 0.6) is 5.75 Å². The molecule has 0 radical (unpaired) electrons. The number of hydrogen-bond acceptors (Lipinski definition) is 5. The Labute approximate surface area is 166 Å². The number of aliphatic imine (C=N–C) groups is 1. The molecular formula is C23H29NO4. The summed E-state index contributed by atoms with van der Waals surface area (Å²) in [6, 6.07) is 7.57. The molecule has 1 aliphatic carbocycles. The Balaban J connectivity index is 2.20. The predicted octanol–water partition coefficient (Wildman–Crippen LogP) is 4.46. The van der Waals surface area contributed by atoms with Gasteiger partial charge in [-0.2, -0.15) is 0 Å². The number of ketones is 1. The van der Waals surface area contributed by atoms with E-state index in [4.69, 9.17) is 14.5 Å². The molecule has 0 spiro atoms. The number of benzene rings is 1. The number of para-hydroxylation sites is 1. The van der Waals surface area contributed by atoms with Crippen molar-refractivity contribution in [3.63, 3.8) is 0 Å². The van der Waals surface area contributed by atoms with Gasteiger partial charge >= 0.3 is 5.97 Å². The molecule has 0 saturated heterocycles. The molecule has 1 aromatic rings. The van der Waals surface area contributed by atoms with Crippen LogP contribution in [-0.4, -0.2) is 30.7 Å². The second kappa shape index (κ2) is 7.53. The zero-order valence-electron chi connectivity index (χ0n) is 17.5. The van der Waals surface area contributed by atoms with Crippen LogP contribution in [0, 0.1) is 11.3 Å². The molecule has 2 atom stereocenters. The highest BCUT2D eigenvalue weighted by Crippen LogP contribution is 2.49. The SMILES string of the molecule is COc1ccccc1[C@@H]1C2=C(CC(C)(C)CC2=O)N=C(C)C1C(=O)OC(C)C. The Hall–Kier alpha value is -2.43. The van der Waals surface area contributed by atoms with Crippen molar-refractivity contribution in [3.05, 3.63) is 41.1 Å². The van der Waals surface area contributed by atoms with Crippen molar-refractivity contribution < 1.29 is 19.1 Å². The topological polar surface area (TPSA) is 65.0 Å². The van der Waals surface area contributed by atoms with E-state index in [1.54, 1.807) is 7.11 Å². The third-order valence-electron chi connectivity index (χ3n) is 5.38. The number of rotatable bonds is 4. The van der Waals surface area contributed by atoms with Gasteiger partial charge in [0, 0.05) is 34.9 Å². The van der Waals surface area contributed by atoms with Crippen molar-refractivity contribution in [1.29, 1.82) is 0 Å². The molecule has 0 amide bonds. The van der Waals surface area contributed by atoms with E-state index in [0.717, 1.165) is 11.3 Å². The van der Waals surface area contributed by atoms with Crippen LogP contribution in [-0.2, 0) is 14.3 Å². The van der Waals surface area contributed by atoms with Gasteiger partial charge in [-0.25, -0.2) is 0 Å². The summed E-state index contributed by atoms with van der Waals surface area (Å²) < 4.78 is 11.1. The highest BCUT2D eigenvalue weighted by molar-refractivity contribution is 6.09. The minimum atomic E-state index is -0.636. The second-order valence-corrected chi connectivity index (χ2v) is 8.74. The van der Waals surface area contributed by atoms with Crippen LogP contribution in [0.15, 0.2) is 40.5 Å². The first-order valence-electron chi connectivity index (χ1n) is 9.79. The number of hydrogen-bond donors (Lipinski definition) is 0. The number of esters is 1. The third kappa shape index (κ3) is 3.75. The second-order valence-electron chi connectivity index (χ2n) is 8.74. The lowest BCUT2D eigenvalue weighted by molar-refractivity contribution is -0.150. The van der Waals surface area contributed by atoms with E-state index >= 15 is 0 Å². The molecule has 0 bridgehead atoms. The maximum atomic E-state index is 13.2. The van der Waals surface area contributed by atoms with E-state index in [1.807, 2.05) is 45.0 Å². The average molecular weight is 383 g/mol. The van der Waals surface area contributed by atoms with Gasteiger partial charge in [-0.05, 0) is 38.7 Å². The quantitative estimate of drug-likeness (QED) is 0.720. The lowest BCUT2D eigenvalue weighted by Gasteiger charge is -2.39. The first-order chi connectivity index (χ1) is 13.1. The molecule has 5 nitrogen and oxygen atoms in total. The van der Waals surface area contributed by atoms with E-state index in [2.05, 4.69) is 13.8 Å². The molecule has 1 aliphatic heterocycles. The summed E-state index contributed by atoms with van der Waals surface area (Å²) in [4.78, 5) is 31.0. The fourth-order valence-corrected chi connectivity index (χ4v) is 4.32. The normalized spacial score (nSPS) is 24.0. The standard InChI is InChI=1S/C23H29NO4/c1-13(2)28-22(26)19-14(3)24-16-11-23(4,5)12-17(25)21(16)20(19)15-9-7-8-10-18(15)27-6/h7-10,13,19-20H,11-12H2,1-6H3/t19?,20-/m0/s1. The monoisotopic (exact) mass is 383 g/mol. The van der Waals surface area contributed by atoms with E-state index in [9.17, 15) is 9.59 Å². The van der Waals surface area contributed by atoms with Gasteiger partial charge in [-0.3, -0.25) is 14.6 Å². The van der Waals surface area contributed by atoms with Crippen molar-refractivity contribution >= 4 is 17.5 Å². The minimum absolute atomic E-state index is 0.0563. The van der Waals surface area contributed by atoms with Gasteiger partial charge in [0.2, 0.25) is 0 Å². The van der Waals surface area contributed by atoms with Gasteiger partial charge in [-0.15, -0.1) is 0 Å². The van der Waals surface area contributed by atoms with Gasteiger partial charge < -0.3 is 9.47 Å². The van der Waals surface area contributed by atoms with Crippen LogP contribution in [0.1, 0.15) is 58.9 Å². The van der Waals surface area contributed by atoms with Crippen LogP contribution in [0.4, 0.5) is 0 Å². The van der Waals surface area contributed by atoms with Crippen molar-refractivity contribution in [3.8, 4) is 5.75 Å². The summed E-state index contributed by atoms with van der Waals surface area (Å²) in [6.45, 7) is 9.66. The summed E-state index contributed by atoms with van der Waals surface area (Å²) in [5, 5.41) is 0. The molecule has 0 N–H and O–H groups in total. The average Bonchev–Trinajstić information content (AvgIpc) is 2.58. The molecule has 150 valence electrons. The molecule has 1 aromatic carbocycles. The molecule has 5 heteroatoms. The van der Waals surface area contributed by atoms with Crippen LogP contribution in [0.3, 0.4) is 0 Å². The lowest BCUT2D eigenvalue weighted by Crippen LogP contribution is -2.40. The van der Waals surface area contributed by atoms with Crippen molar-refractivity contribution in [2.45, 2.75) is 59.5 Å². The molecule has 28 heavy (non-hydrogen) atoms. The van der Waals surface area contributed by atoms with Gasteiger partial charge in [0.05, 0.1) is 13.2 Å². The zero-order chi connectivity index (χ0) is 20.6. The number of methoxy groups -OCH3 is 1. The summed E-state index contributed by atoms with van der Waals surface area (Å²) >= 11 is 0. The maximum Gasteiger partial charge on any atom is 0.315 e. The Bertz CT molecular complexity index is 863. The number of carbonyl (C=O) groups is 2. The van der Waals surface area contributed by atoms with Gasteiger partial charge in [0.25, 0.3) is 0 Å². The third-order valence-corrected chi connectivity index (χ3v) is 5.38. The van der Waals surface area contributed by atoms with Crippen LogP contribution < -0.4 is 4.74 Å². The van der Waals surface area contributed by atoms with Crippen molar-refractivity contribution in [2.75, 3.05) is 7.11 Å². The molecule has 0 saturated carbocycles. The highest BCUT2D eigenvalue weighted by Gasteiger charge is 2.46. The Kier molecular flexibility index (Phi) is 5.46. The summed E-state index contributed by atoms with van der Waals surface area (Å²) in [5.41, 5.74) is 2.80. The predicted molar refractivity (Wildman–Crippen MR) is 109 cm³/mol. The van der Waals surface area contributed by atoms with E-state index in [-0.39, 0.29) is 23.3 Å². The Morgan fingerprint density at radius 2 is 1.89 bits per heavy atom. The molecular weight excluding hydrogens is 354 g/mol. The number of nitrogens with zero attached hydrogens (tertiary/aromatic N) is 1. The summed E-state index contributed by atoms with van der Waals surface area (Å²) in [5.74, 6) is -0.716. The molecule has 1 unspecified atom stereocenters. The van der Waals surface area contributed by atoms with Gasteiger partial charge in [0.1, 0.15) is 11.7 Å². The van der Waals surface area contributed by atoms with E-state index in [1.165, 1.54) is 0 Å². The lowest BCUT2D eigenvalue weighted by atomic mass is 9.66. The summed E-state index contributed by atoms with van der Waals surface area (Å²) in [7, 11) is 1.60. The van der Waals surface area contributed by atoms with Crippen LogP contribution in [0.2, 0.25) is 0 Å².